The molecule has 4 aromatic rings. The summed E-state index contributed by atoms with van der Waals surface area (Å²) in [6.07, 6.45) is 0. The number of amides is 2. The molecular formula is C24H21ClN4O2. The number of carbonyl (C=O) groups is 2. The van der Waals surface area contributed by atoms with E-state index in [4.69, 9.17) is 16.6 Å². The number of rotatable bonds is 6. The van der Waals surface area contributed by atoms with Crippen molar-refractivity contribution in [3.8, 4) is 0 Å². The molecule has 0 aliphatic rings. The molecule has 3 aromatic carbocycles. The van der Waals surface area contributed by atoms with Crippen LogP contribution in [0, 0.1) is 0 Å². The van der Waals surface area contributed by atoms with Crippen LogP contribution in [0.2, 0.25) is 5.02 Å². The number of imidazole rings is 1. The summed E-state index contributed by atoms with van der Waals surface area (Å²) in [4.78, 5) is 29.9. The van der Waals surface area contributed by atoms with Gasteiger partial charge in [0.25, 0.3) is 5.91 Å². The van der Waals surface area contributed by atoms with Crippen LogP contribution in [0.15, 0.2) is 78.9 Å². The highest BCUT2D eigenvalue weighted by atomic mass is 35.5. The minimum atomic E-state index is -0.469. The zero-order chi connectivity index (χ0) is 21.8. The monoisotopic (exact) mass is 432 g/mol. The van der Waals surface area contributed by atoms with Crippen molar-refractivity contribution in [2.45, 2.75) is 6.04 Å². The SMILES string of the molecule is Cn1c(C(NC(=O)CNC(=O)c2ccccc2Cl)c2ccccc2)nc2ccccc21. The minimum Gasteiger partial charge on any atom is -0.343 e. The summed E-state index contributed by atoms with van der Waals surface area (Å²) >= 11 is 6.06. The lowest BCUT2D eigenvalue weighted by Crippen LogP contribution is -2.39. The van der Waals surface area contributed by atoms with Crippen LogP contribution in [0.5, 0.6) is 0 Å². The molecule has 6 nitrogen and oxygen atoms in total. The van der Waals surface area contributed by atoms with Crippen LogP contribution >= 0.6 is 11.6 Å². The third kappa shape index (κ3) is 4.44. The lowest BCUT2D eigenvalue weighted by atomic mass is 10.1. The number of benzene rings is 3. The predicted octanol–water partition coefficient (Wildman–Crippen LogP) is 3.86. The van der Waals surface area contributed by atoms with E-state index in [1.54, 1.807) is 24.3 Å². The van der Waals surface area contributed by atoms with Gasteiger partial charge >= 0.3 is 0 Å². The summed E-state index contributed by atoms with van der Waals surface area (Å²) in [5, 5.41) is 5.96. The summed E-state index contributed by atoms with van der Waals surface area (Å²) in [7, 11) is 1.92. The lowest BCUT2D eigenvalue weighted by molar-refractivity contribution is -0.120. The van der Waals surface area contributed by atoms with Gasteiger partial charge in [-0.25, -0.2) is 4.98 Å². The molecule has 31 heavy (non-hydrogen) atoms. The van der Waals surface area contributed by atoms with Crippen LogP contribution in [-0.4, -0.2) is 27.9 Å². The fourth-order valence-electron chi connectivity index (χ4n) is 3.48. The molecule has 0 saturated heterocycles. The Kier molecular flexibility index (Phi) is 6.00. The van der Waals surface area contributed by atoms with E-state index in [2.05, 4.69) is 10.6 Å². The van der Waals surface area contributed by atoms with Gasteiger partial charge in [0.15, 0.2) is 0 Å². The van der Waals surface area contributed by atoms with E-state index >= 15 is 0 Å². The average Bonchev–Trinajstić information content (AvgIpc) is 3.13. The smallest absolute Gasteiger partial charge is 0.253 e. The first-order valence-corrected chi connectivity index (χ1v) is 10.2. The summed E-state index contributed by atoms with van der Waals surface area (Å²) in [5.74, 6) is -0.0285. The highest BCUT2D eigenvalue weighted by Crippen LogP contribution is 2.25. The molecule has 0 fully saturated rings. The Labute approximate surface area is 184 Å². The van der Waals surface area contributed by atoms with Crippen LogP contribution in [0.3, 0.4) is 0 Å². The quantitative estimate of drug-likeness (QED) is 0.485. The maximum atomic E-state index is 12.8. The largest absolute Gasteiger partial charge is 0.343 e. The maximum absolute atomic E-state index is 12.8. The highest BCUT2D eigenvalue weighted by molar-refractivity contribution is 6.33. The van der Waals surface area contributed by atoms with Crippen LogP contribution in [0.4, 0.5) is 0 Å². The fourth-order valence-corrected chi connectivity index (χ4v) is 3.70. The van der Waals surface area contributed by atoms with E-state index < -0.39 is 11.9 Å². The number of nitrogens with one attached hydrogen (secondary N) is 2. The van der Waals surface area contributed by atoms with Crippen molar-refractivity contribution in [2.24, 2.45) is 7.05 Å². The van der Waals surface area contributed by atoms with Gasteiger partial charge in [0, 0.05) is 7.05 Å². The summed E-state index contributed by atoms with van der Waals surface area (Å²) in [6, 6.07) is 23.7. The topological polar surface area (TPSA) is 76.0 Å². The van der Waals surface area contributed by atoms with Gasteiger partial charge in [-0.1, -0.05) is 66.2 Å². The second-order valence-electron chi connectivity index (χ2n) is 7.09. The number of nitrogens with zero attached hydrogens (tertiary/aromatic N) is 2. The molecule has 1 heterocycles. The van der Waals surface area contributed by atoms with Crippen LogP contribution in [0.1, 0.15) is 27.8 Å². The number of halogens is 1. The Morgan fingerprint density at radius 2 is 1.65 bits per heavy atom. The maximum Gasteiger partial charge on any atom is 0.253 e. The standard InChI is InChI=1S/C24H21ClN4O2/c1-29-20-14-8-7-13-19(20)27-23(29)22(16-9-3-2-4-10-16)28-21(30)15-26-24(31)17-11-5-6-12-18(17)25/h2-14,22H,15H2,1H3,(H,26,31)(H,28,30). The molecule has 0 aliphatic carbocycles. The van der Waals surface area contributed by atoms with E-state index in [9.17, 15) is 9.59 Å². The Morgan fingerprint density at radius 3 is 2.39 bits per heavy atom. The van der Waals surface area contributed by atoms with E-state index in [0.717, 1.165) is 16.6 Å². The van der Waals surface area contributed by atoms with Crippen molar-refractivity contribution in [1.82, 2.24) is 20.2 Å². The first kappa shape index (κ1) is 20.6. The second-order valence-corrected chi connectivity index (χ2v) is 7.50. The van der Waals surface area contributed by atoms with Gasteiger partial charge in [-0.05, 0) is 29.8 Å². The van der Waals surface area contributed by atoms with Crippen molar-refractivity contribution in [3.05, 3.63) is 101 Å². The molecule has 156 valence electrons. The van der Waals surface area contributed by atoms with Crippen molar-refractivity contribution >= 4 is 34.4 Å². The normalized spacial score (nSPS) is 11.8. The van der Waals surface area contributed by atoms with E-state index in [-0.39, 0.29) is 12.5 Å². The molecule has 1 atom stereocenters. The zero-order valence-corrected chi connectivity index (χ0v) is 17.6. The summed E-state index contributed by atoms with van der Waals surface area (Å²) in [6.45, 7) is -0.183. The molecule has 2 N–H and O–H groups in total. The minimum absolute atomic E-state index is 0.183. The molecule has 2 amide bonds. The fraction of sp³-hybridized carbons (Fsp3) is 0.125. The third-order valence-electron chi connectivity index (χ3n) is 5.05. The molecule has 0 bridgehead atoms. The Balaban J connectivity index is 1.55. The average molecular weight is 433 g/mol. The Hall–Kier alpha value is -3.64. The van der Waals surface area contributed by atoms with Gasteiger partial charge in [0.1, 0.15) is 11.9 Å². The molecule has 1 aromatic heterocycles. The molecule has 0 radical (unpaired) electrons. The summed E-state index contributed by atoms with van der Waals surface area (Å²) < 4.78 is 1.97. The predicted molar refractivity (Wildman–Crippen MR) is 121 cm³/mol. The molecule has 1 unspecified atom stereocenters. The van der Waals surface area contributed by atoms with Gasteiger partial charge in [0.05, 0.1) is 28.2 Å². The zero-order valence-electron chi connectivity index (χ0n) is 16.9. The van der Waals surface area contributed by atoms with Crippen molar-refractivity contribution < 1.29 is 9.59 Å². The summed E-state index contributed by atoms with van der Waals surface area (Å²) in [5.41, 5.74) is 3.04. The van der Waals surface area contributed by atoms with Gasteiger partial charge in [-0.15, -0.1) is 0 Å². The number of aryl methyl sites for hydroxylation is 1. The lowest BCUT2D eigenvalue weighted by Gasteiger charge is -2.19. The number of aromatic nitrogens is 2. The van der Waals surface area contributed by atoms with E-state index in [1.165, 1.54) is 0 Å². The molecule has 0 spiro atoms. The first-order valence-electron chi connectivity index (χ1n) is 9.83. The van der Waals surface area contributed by atoms with Crippen LogP contribution < -0.4 is 10.6 Å². The van der Waals surface area contributed by atoms with Gasteiger partial charge in [0.2, 0.25) is 5.91 Å². The third-order valence-corrected chi connectivity index (χ3v) is 5.38. The van der Waals surface area contributed by atoms with Gasteiger partial charge in [-0.2, -0.15) is 0 Å². The Morgan fingerprint density at radius 1 is 0.968 bits per heavy atom. The number of para-hydroxylation sites is 2. The van der Waals surface area contributed by atoms with Crippen molar-refractivity contribution in [1.29, 1.82) is 0 Å². The molecule has 4 rings (SSSR count). The number of carbonyl (C=O) groups excluding carboxylic acids is 2. The number of fused-ring (bicyclic) bond motifs is 1. The second kappa shape index (κ2) is 9.02. The van der Waals surface area contributed by atoms with Gasteiger partial charge < -0.3 is 15.2 Å². The molecular weight excluding hydrogens is 412 g/mol. The Bertz CT molecular complexity index is 1240. The van der Waals surface area contributed by atoms with Crippen LogP contribution in [-0.2, 0) is 11.8 Å². The highest BCUT2D eigenvalue weighted by Gasteiger charge is 2.23. The first-order chi connectivity index (χ1) is 15.0. The van der Waals surface area contributed by atoms with Crippen molar-refractivity contribution in [2.75, 3.05) is 6.54 Å². The van der Waals surface area contributed by atoms with Crippen LogP contribution in [0.25, 0.3) is 11.0 Å². The molecule has 7 heteroatoms. The van der Waals surface area contributed by atoms with E-state index in [0.29, 0.717) is 16.4 Å². The van der Waals surface area contributed by atoms with E-state index in [1.807, 2.05) is 66.2 Å². The number of hydrogen-bond donors (Lipinski definition) is 2. The number of hydrogen-bond acceptors (Lipinski definition) is 3. The van der Waals surface area contributed by atoms with Crippen molar-refractivity contribution in [3.63, 3.8) is 0 Å². The van der Waals surface area contributed by atoms with Gasteiger partial charge in [-0.3, -0.25) is 9.59 Å². The molecule has 0 saturated carbocycles. The molecule has 0 aliphatic heterocycles.